The van der Waals surface area contributed by atoms with Crippen LogP contribution in [0.5, 0.6) is 0 Å². The van der Waals surface area contributed by atoms with Crippen molar-refractivity contribution >= 4 is 68.6 Å². The number of hydrogen-bond donors (Lipinski definition) is 1. The van der Waals surface area contributed by atoms with Gasteiger partial charge in [-0.15, -0.1) is 0 Å². The van der Waals surface area contributed by atoms with E-state index in [-0.39, 0.29) is 5.91 Å². The maximum atomic E-state index is 12.5. The molecule has 2 aromatic rings. The molecule has 1 aromatic carbocycles. The van der Waals surface area contributed by atoms with Crippen molar-refractivity contribution in [2.24, 2.45) is 0 Å². The van der Waals surface area contributed by atoms with Crippen molar-refractivity contribution < 1.29 is 9.21 Å². The second-order valence-electron chi connectivity index (χ2n) is 4.87. The number of carbonyl (C=O) groups is 1. The van der Waals surface area contributed by atoms with Gasteiger partial charge in [-0.25, -0.2) is 0 Å². The van der Waals surface area contributed by atoms with Crippen LogP contribution in [0.3, 0.4) is 0 Å². The number of carbonyl (C=O) groups excluding carboxylic acids is 1. The van der Waals surface area contributed by atoms with Crippen LogP contribution in [0.2, 0.25) is 0 Å². The molecule has 3 rings (SSSR count). The third-order valence-corrected chi connectivity index (χ3v) is 5.53. The first-order valence-corrected chi connectivity index (χ1v) is 9.15. The molecule has 2 heterocycles. The largest absolute Gasteiger partial charge is 0.462 e. The molecule has 0 aliphatic carbocycles. The van der Waals surface area contributed by atoms with Crippen molar-refractivity contribution in [1.29, 1.82) is 0 Å². The number of aryl methyl sites for hydroxylation is 1. The molecule has 118 valence electrons. The Labute approximate surface area is 157 Å². The zero-order valence-corrected chi connectivity index (χ0v) is 16.0. The Morgan fingerprint density at radius 1 is 1.35 bits per heavy atom. The summed E-state index contributed by atoms with van der Waals surface area (Å²) in [4.78, 5) is 14.6. The van der Waals surface area contributed by atoms with Crippen LogP contribution in [0, 0.1) is 10.5 Å². The fourth-order valence-corrected chi connectivity index (χ4v) is 3.88. The Morgan fingerprint density at radius 2 is 2.13 bits per heavy atom. The smallest absolute Gasteiger partial charge is 0.267 e. The average molecular weight is 456 g/mol. The van der Waals surface area contributed by atoms with Crippen LogP contribution < -0.4 is 5.32 Å². The highest BCUT2D eigenvalue weighted by atomic mass is 127. The number of hydrogen-bond acceptors (Lipinski definition) is 5. The molecule has 0 saturated carbocycles. The monoisotopic (exact) mass is 456 g/mol. The molecular weight excluding hydrogens is 443 g/mol. The Morgan fingerprint density at radius 3 is 2.83 bits per heavy atom. The van der Waals surface area contributed by atoms with Gasteiger partial charge in [0.05, 0.1) is 11.6 Å². The van der Waals surface area contributed by atoms with E-state index in [4.69, 9.17) is 16.6 Å². The van der Waals surface area contributed by atoms with Gasteiger partial charge in [-0.1, -0.05) is 36.1 Å². The molecule has 1 aliphatic heterocycles. The highest BCUT2D eigenvalue weighted by Gasteiger charge is 2.32. The summed E-state index contributed by atoms with van der Waals surface area (Å²) in [5.74, 6) is 1.37. The van der Waals surface area contributed by atoms with Crippen LogP contribution in [-0.2, 0) is 4.79 Å². The van der Waals surface area contributed by atoms with Gasteiger partial charge in [0.15, 0.2) is 0 Å². The highest BCUT2D eigenvalue weighted by molar-refractivity contribution is 14.1. The topological polar surface area (TPSA) is 45.5 Å². The minimum Gasteiger partial charge on any atom is -0.462 e. The summed E-state index contributed by atoms with van der Waals surface area (Å²) >= 11 is 8.86. The second-order valence-corrected chi connectivity index (χ2v) is 7.71. The van der Waals surface area contributed by atoms with Crippen molar-refractivity contribution in [2.45, 2.75) is 6.92 Å². The van der Waals surface area contributed by atoms with Crippen LogP contribution >= 0.6 is 46.6 Å². The molecule has 1 saturated heterocycles. The van der Waals surface area contributed by atoms with E-state index in [0.717, 1.165) is 15.0 Å². The number of nitrogens with one attached hydrogen (secondary N) is 1. The van der Waals surface area contributed by atoms with Gasteiger partial charge in [0.2, 0.25) is 0 Å². The number of benzene rings is 1. The minimum absolute atomic E-state index is 0.104. The normalized spacial score (nSPS) is 16.4. The molecule has 0 unspecified atom stereocenters. The Bertz CT molecular complexity index is 801. The summed E-state index contributed by atoms with van der Waals surface area (Å²) in [5, 5.41) is 3.25. The molecule has 1 fully saturated rings. The maximum Gasteiger partial charge on any atom is 0.267 e. The summed E-state index contributed by atoms with van der Waals surface area (Å²) < 4.78 is 7.13. The molecule has 0 atom stereocenters. The Hall–Kier alpha value is -1.32. The average Bonchev–Trinajstić information content (AvgIpc) is 3.04. The van der Waals surface area contributed by atoms with Gasteiger partial charge in [0.1, 0.15) is 15.8 Å². The third-order valence-electron chi connectivity index (χ3n) is 3.21. The molecule has 1 aliphatic rings. The lowest BCUT2D eigenvalue weighted by atomic mass is 10.3. The van der Waals surface area contributed by atoms with Gasteiger partial charge >= 0.3 is 0 Å². The fourth-order valence-electron chi connectivity index (χ4n) is 2.07. The summed E-state index contributed by atoms with van der Waals surface area (Å²) in [6.07, 6.45) is 1.73. The summed E-state index contributed by atoms with van der Waals surface area (Å²) in [7, 11) is 0. The van der Waals surface area contributed by atoms with Crippen molar-refractivity contribution in [3.63, 3.8) is 0 Å². The standard InChI is InChI=1S/C16H13IN2O2S2/c1-10-6-7-11(21-10)8-14-15(20)19(16(22)23-14)9-18-13-5-3-2-4-12(13)17/h2-8,18H,9H2,1H3. The molecule has 0 radical (unpaired) electrons. The fraction of sp³-hybridized carbons (Fsp3) is 0.125. The zero-order chi connectivity index (χ0) is 16.4. The molecule has 1 amide bonds. The SMILES string of the molecule is Cc1ccc(C=C2SC(=S)N(CNc3ccccc3I)C2=O)o1. The molecule has 23 heavy (non-hydrogen) atoms. The molecular formula is C16H13IN2O2S2. The zero-order valence-electron chi connectivity index (χ0n) is 12.2. The number of halogens is 1. The first-order valence-electron chi connectivity index (χ1n) is 6.85. The van der Waals surface area contributed by atoms with Gasteiger partial charge in [0.25, 0.3) is 5.91 Å². The summed E-state index contributed by atoms with van der Waals surface area (Å²) in [5.41, 5.74) is 0.979. The summed E-state index contributed by atoms with van der Waals surface area (Å²) in [6.45, 7) is 2.22. The van der Waals surface area contributed by atoms with Crippen LogP contribution in [0.4, 0.5) is 5.69 Å². The van der Waals surface area contributed by atoms with Gasteiger partial charge in [-0.3, -0.25) is 9.69 Å². The minimum atomic E-state index is -0.104. The van der Waals surface area contributed by atoms with E-state index in [1.54, 1.807) is 11.0 Å². The van der Waals surface area contributed by atoms with E-state index >= 15 is 0 Å². The van der Waals surface area contributed by atoms with Crippen LogP contribution in [0.15, 0.2) is 45.7 Å². The lowest BCUT2D eigenvalue weighted by Crippen LogP contribution is -2.33. The number of nitrogens with zero attached hydrogens (tertiary/aromatic N) is 1. The number of anilines is 1. The molecule has 0 spiro atoms. The number of furan rings is 1. The number of amides is 1. The highest BCUT2D eigenvalue weighted by Crippen LogP contribution is 2.32. The molecule has 1 N–H and O–H groups in total. The van der Waals surface area contributed by atoms with Crippen LogP contribution in [0.1, 0.15) is 11.5 Å². The van der Waals surface area contributed by atoms with Crippen molar-refractivity contribution in [1.82, 2.24) is 4.90 Å². The predicted octanol–water partition coefficient (Wildman–Crippen LogP) is 4.46. The van der Waals surface area contributed by atoms with Crippen molar-refractivity contribution in [2.75, 3.05) is 12.0 Å². The lowest BCUT2D eigenvalue weighted by Gasteiger charge is -2.16. The van der Waals surface area contributed by atoms with Gasteiger partial charge < -0.3 is 9.73 Å². The molecule has 0 bridgehead atoms. The maximum absolute atomic E-state index is 12.5. The molecule has 1 aromatic heterocycles. The molecule has 4 nitrogen and oxygen atoms in total. The van der Waals surface area contributed by atoms with Crippen LogP contribution in [-0.4, -0.2) is 21.8 Å². The third kappa shape index (κ3) is 3.78. The van der Waals surface area contributed by atoms with Gasteiger partial charge in [-0.05, 0) is 53.8 Å². The number of rotatable bonds is 4. The predicted molar refractivity (Wildman–Crippen MR) is 106 cm³/mol. The Kier molecular flexibility index (Phi) is 5.08. The number of thioether (sulfide) groups is 1. The van der Waals surface area contributed by atoms with Gasteiger partial charge in [-0.2, -0.15) is 0 Å². The first kappa shape index (κ1) is 16.5. The van der Waals surface area contributed by atoms with Crippen molar-refractivity contribution in [3.05, 3.63) is 56.4 Å². The van der Waals surface area contributed by atoms with Crippen LogP contribution in [0.25, 0.3) is 6.08 Å². The van der Waals surface area contributed by atoms with Gasteiger partial charge in [0, 0.05) is 15.3 Å². The number of para-hydroxylation sites is 1. The van der Waals surface area contributed by atoms with E-state index in [1.807, 2.05) is 43.3 Å². The first-order chi connectivity index (χ1) is 11.0. The van der Waals surface area contributed by atoms with E-state index < -0.39 is 0 Å². The second kappa shape index (κ2) is 7.06. The Balaban J connectivity index is 1.72. The summed E-state index contributed by atoms with van der Waals surface area (Å²) in [6, 6.07) is 11.6. The number of thiocarbonyl (C=S) groups is 1. The quantitative estimate of drug-likeness (QED) is 0.418. The van der Waals surface area contributed by atoms with E-state index in [9.17, 15) is 4.79 Å². The lowest BCUT2D eigenvalue weighted by molar-refractivity contribution is -0.121. The van der Waals surface area contributed by atoms with E-state index in [1.165, 1.54) is 11.8 Å². The van der Waals surface area contributed by atoms with E-state index in [0.29, 0.717) is 21.7 Å². The van der Waals surface area contributed by atoms with E-state index in [2.05, 4.69) is 27.9 Å². The van der Waals surface area contributed by atoms with Crippen molar-refractivity contribution in [3.8, 4) is 0 Å². The molecule has 7 heteroatoms.